The normalized spacial score (nSPS) is 16.5. The SMILES string of the molecule is O=C(NCC1(C(=O)ON2C(=O)c3ccccc3C2=O)COC1)OCc1ccccc1. The second-order valence-electron chi connectivity index (χ2n) is 7.02. The summed E-state index contributed by atoms with van der Waals surface area (Å²) < 4.78 is 10.2. The number of benzene rings is 2. The van der Waals surface area contributed by atoms with E-state index in [0.29, 0.717) is 5.06 Å². The molecule has 0 unspecified atom stereocenters. The van der Waals surface area contributed by atoms with Crippen molar-refractivity contribution in [1.82, 2.24) is 10.4 Å². The number of nitrogens with one attached hydrogen (secondary N) is 1. The maximum Gasteiger partial charge on any atom is 0.407 e. The zero-order valence-corrected chi connectivity index (χ0v) is 15.8. The number of imide groups is 1. The van der Waals surface area contributed by atoms with Gasteiger partial charge in [-0.2, -0.15) is 0 Å². The Balaban J connectivity index is 1.34. The van der Waals surface area contributed by atoms with E-state index in [0.717, 1.165) is 5.56 Å². The minimum absolute atomic E-state index is 0.0199. The van der Waals surface area contributed by atoms with E-state index in [-0.39, 0.29) is 37.5 Å². The van der Waals surface area contributed by atoms with Crippen LogP contribution >= 0.6 is 0 Å². The first-order valence-electron chi connectivity index (χ1n) is 9.23. The van der Waals surface area contributed by atoms with Crippen LogP contribution in [0.25, 0.3) is 0 Å². The number of hydrogen-bond acceptors (Lipinski definition) is 7. The third-order valence-corrected chi connectivity index (χ3v) is 4.90. The molecule has 2 heterocycles. The Labute approximate surface area is 171 Å². The maximum atomic E-state index is 12.7. The highest BCUT2D eigenvalue weighted by Crippen LogP contribution is 2.31. The highest BCUT2D eigenvalue weighted by Gasteiger charge is 2.51. The van der Waals surface area contributed by atoms with E-state index in [9.17, 15) is 19.2 Å². The molecule has 2 aliphatic heterocycles. The molecule has 0 radical (unpaired) electrons. The van der Waals surface area contributed by atoms with Gasteiger partial charge in [0.1, 0.15) is 12.0 Å². The van der Waals surface area contributed by atoms with Crippen LogP contribution in [-0.2, 0) is 25.7 Å². The zero-order chi connectivity index (χ0) is 21.1. The van der Waals surface area contributed by atoms with Crippen LogP contribution < -0.4 is 5.32 Å². The van der Waals surface area contributed by atoms with Crippen LogP contribution in [0.4, 0.5) is 4.79 Å². The molecule has 2 aliphatic rings. The number of ether oxygens (including phenoxy) is 2. The molecule has 0 saturated carbocycles. The third kappa shape index (κ3) is 3.62. The van der Waals surface area contributed by atoms with Gasteiger partial charge in [-0.05, 0) is 17.7 Å². The van der Waals surface area contributed by atoms with Crippen LogP contribution in [0.3, 0.4) is 0 Å². The predicted octanol–water partition coefficient (Wildman–Crippen LogP) is 1.68. The summed E-state index contributed by atoms with van der Waals surface area (Å²) in [6.07, 6.45) is -0.710. The number of carbonyl (C=O) groups excluding carboxylic acids is 4. The molecule has 1 saturated heterocycles. The van der Waals surface area contributed by atoms with Crippen LogP contribution in [0.1, 0.15) is 26.3 Å². The topological polar surface area (TPSA) is 111 Å². The van der Waals surface area contributed by atoms with Gasteiger partial charge in [-0.3, -0.25) is 9.59 Å². The molecule has 1 N–H and O–H groups in total. The minimum atomic E-state index is -1.21. The van der Waals surface area contributed by atoms with E-state index < -0.39 is 29.3 Å². The average molecular weight is 410 g/mol. The lowest BCUT2D eigenvalue weighted by Gasteiger charge is -2.38. The number of nitrogens with zero attached hydrogens (tertiary/aromatic N) is 1. The quantitative estimate of drug-likeness (QED) is 0.721. The summed E-state index contributed by atoms with van der Waals surface area (Å²) in [7, 11) is 0. The average Bonchev–Trinajstić information content (AvgIpc) is 2.97. The molecular formula is C21H18N2O7. The Morgan fingerprint density at radius 3 is 2.13 bits per heavy atom. The van der Waals surface area contributed by atoms with E-state index >= 15 is 0 Å². The molecule has 154 valence electrons. The van der Waals surface area contributed by atoms with Gasteiger partial charge in [0.05, 0.1) is 24.3 Å². The van der Waals surface area contributed by atoms with Gasteiger partial charge in [-0.25, -0.2) is 9.59 Å². The van der Waals surface area contributed by atoms with E-state index in [1.807, 2.05) is 30.3 Å². The Morgan fingerprint density at radius 1 is 0.967 bits per heavy atom. The van der Waals surface area contributed by atoms with E-state index in [2.05, 4.69) is 5.32 Å². The zero-order valence-electron chi connectivity index (χ0n) is 15.8. The molecule has 0 aromatic heterocycles. The second-order valence-corrected chi connectivity index (χ2v) is 7.02. The smallest absolute Gasteiger partial charge is 0.407 e. The van der Waals surface area contributed by atoms with Crippen LogP contribution in [0.5, 0.6) is 0 Å². The number of hydrogen-bond donors (Lipinski definition) is 1. The lowest BCUT2D eigenvalue weighted by Crippen LogP contribution is -2.58. The molecule has 2 aromatic carbocycles. The maximum absolute atomic E-state index is 12.7. The van der Waals surface area contributed by atoms with Crippen LogP contribution in [0.2, 0.25) is 0 Å². The summed E-state index contributed by atoms with van der Waals surface area (Å²) in [6, 6.07) is 15.3. The van der Waals surface area contributed by atoms with Crippen LogP contribution in [0, 0.1) is 5.41 Å². The van der Waals surface area contributed by atoms with Crippen molar-refractivity contribution in [1.29, 1.82) is 0 Å². The van der Waals surface area contributed by atoms with Crippen molar-refractivity contribution in [2.45, 2.75) is 6.61 Å². The molecule has 4 rings (SSSR count). The number of rotatable bonds is 6. The third-order valence-electron chi connectivity index (χ3n) is 4.90. The Bertz CT molecular complexity index is 966. The second kappa shape index (κ2) is 7.96. The lowest BCUT2D eigenvalue weighted by atomic mass is 9.86. The number of hydroxylamine groups is 2. The van der Waals surface area contributed by atoms with Gasteiger partial charge in [-0.1, -0.05) is 47.5 Å². The Kier molecular flexibility index (Phi) is 5.20. The molecule has 9 nitrogen and oxygen atoms in total. The van der Waals surface area contributed by atoms with Crippen LogP contribution in [0.15, 0.2) is 54.6 Å². The van der Waals surface area contributed by atoms with Crippen molar-refractivity contribution in [2.75, 3.05) is 19.8 Å². The van der Waals surface area contributed by atoms with Gasteiger partial charge < -0.3 is 19.6 Å². The molecule has 3 amide bonds. The highest BCUT2D eigenvalue weighted by molar-refractivity contribution is 6.20. The molecule has 0 aliphatic carbocycles. The van der Waals surface area contributed by atoms with Crippen molar-refractivity contribution in [3.63, 3.8) is 0 Å². The number of alkyl carbamates (subject to hydrolysis) is 1. The molecule has 0 bridgehead atoms. The summed E-state index contributed by atoms with van der Waals surface area (Å²) in [6.45, 7) is -0.0831. The summed E-state index contributed by atoms with van der Waals surface area (Å²) in [5.74, 6) is -2.27. The van der Waals surface area contributed by atoms with Crippen molar-refractivity contribution in [3.8, 4) is 0 Å². The fourth-order valence-corrected chi connectivity index (χ4v) is 3.09. The number of carbonyl (C=O) groups is 4. The standard InChI is InChI=1S/C21H18N2O7/c24-17-15-8-4-5-9-16(15)18(25)23(17)30-19(26)21(12-28-13-21)11-22-20(27)29-10-14-6-2-1-3-7-14/h1-9H,10-13H2,(H,22,27). The molecule has 9 heteroatoms. The van der Waals surface area contributed by atoms with E-state index in [1.54, 1.807) is 12.1 Å². The Morgan fingerprint density at radius 2 is 1.57 bits per heavy atom. The van der Waals surface area contributed by atoms with Crippen molar-refractivity contribution in [2.24, 2.45) is 5.41 Å². The molecule has 2 aromatic rings. The molecule has 0 atom stereocenters. The van der Waals surface area contributed by atoms with Crippen molar-refractivity contribution >= 4 is 23.9 Å². The summed E-state index contributed by atoms with van der Waals surface area (Å²) in [5.41, 5.74) is -0.0609. The molecule has 30 heavy (non-hydrogen) atoms. The first-order valence-corrected chi connectivity index (χ1v) is 9.23. The van der Waals surface area contributed by atoms with Gasteiger partial charge in [0.25, 0.3) is 11.8 Å². The molecular weight excluding hydrogens is 392 g/mol. The van der Waals surface area contributed by atoms with Gasteiger partial charge in [-0.15, -0.1) is 0 Å². The van der Waals surface area contributed by atoms with Gasteiger partial charge >= 0.3 is 12.1 Å². The number of fused-ring (bicyclic) bond motifs is 1. The first-order chi connectivity index (χ1) is 14.5. The monoisotopic (exact) mass is 410 g/mol. The highest BCUT2D eigenvalue weighted by atomic mass is 16.7. The fourth-order valence-electron chi connectivity index (χ4n) is 3.09. The molecule has 1 fully saturated rings. The van der Waals surface area contributed by atoms with Crippen molar-refractivity contribution < 1.29 is 33.5 Å². The predicted molar refractivity (Wildman–Crippen MR) is 101 cm³/mol. The largest absolute Gasteiger partial charge is 0.445 e. The summed E-state index contributed by atoms with van der Waals surface area (Å²) in [4.78, 5) is 54.5. The number of amides is 3. The van der Waals surface area contributed by atoms with E-state index in [1.165, 1.54) is 12.1 Å². The lowest BCUT2D eigenvalue weighted by molar-refractivity contribution is -0.206. The van der Waals surface area contributed by atoms with Crippen molar-refractivity contribution in [3.05, 3.63) is 71.3 Å². The fraction of sp³-hybridized carbons (Fsp3) is 0.238. The minimum Gasteiger partial charge on any atom is -0.445 e. The van der Waals surface area contributed by atoms with Gasteiger partial charge in [0.2, 0.25) is 0 Å². The first kappa shape index (κ1) is 19.6. The van der Waals surface area contributed by atoms with Crippen LogP contribution in [-0.4, -0.2) is 48.7 Å². The van der Waals surface area contributed by atoms with Gasteiger partial charge in [0, 0.05) is 6.54 Å². The Hall–Kier alpha value is -3.72. The summed E-state index contributed by atoms with van der Waals surface area (Å²) in [5, 5.41) is 2.96. The summed E-state index contributed by atoms with van der Waals surface area (Å²) >= 11 is 0. The molecule has 0 spiro atoms. The van der Waals surface area contributed by atoms with E-state index in [4.69, 9.17) is 14.3 Å². The van der Waals surface area contributed by atoms with Gasteiger partial charge in [0.15, 0.2) is 0 Å².